The number of ether oxygens (including phenoxy) is 1. The average molecular weight is 310 g/mol. The SMILES string of the molecule is COc1ccc2[nH]c(=S)n(-c3ccc(Cl)c(F)c3)c2n1. The van der Waals surface area contributed by atoms with Crippen molar-refractivity contribution in [3.8, 4) is 11.6 Å². The summed E-state index contributed by atoms with van der Waals surface area (Å²) >= 11 is 11.0. The minimum absolute atomic E-state index is 0.0608. The fourth-order valence-electron chi connectivity index (χ4n) is 1.94. The van der Waals surface area contributed by atoms with Crippen molar-refractivity contribution in [2.24, 2.45) is 0 Å². The van der Waals surface area contributed by atoms with Crippen LogP contribution in [0.2, 0.25) is 5.02 Å². The minimum Gasteiger partial charge on any atom is -0.481 e. The summed E-state index contributed by atoms with van der Waals surface area (Å²) in [5, 5.41) is 0.0608. The Kier molecular flexibility index (Phi) is 3.19. The molecule has 0 amide bonds. The molecule has 0 aliphatic carbocycles. The van der Waals surface area contributed by atoms with Crippen LogP contribution in [0.3, 0.4) is 0 Å². The molecular formula is C13H9ClFN3OS. The highest BCUT2D eigenvalue weighted by molar-refractivity contribution is 7.71. The van der Waals surface area contributed by atoms with Gasteiger partial charge in [0.2, 0.25) is 5.88 Å². The lowest BCUT2D eigenvalue weighted by Crippen LogP contribution is -1.97. The monoisotopic (exact) mass is 309 g/mol. The number of benzene rings is 1. The largest absolute Gasteiger partial charge is 0.481 e. The van der Waals surface area contributed by atoms with Crippen LogP contribution in [0, 0.1) is 10.6 Å². The predicted octanol–water partition coefficient (Wildman–Crippen LogP) is 3.88. The van der Waals surface area contributed by atoms with Gasteiger partial charge in [0.15, 0.2) is 10.4 Å². The van der Waals surface area contributed by atoms with E-state index in [1.165, 1.54) is 19.2 Å². The number of rotatable bonds is 2. The Morgan fingerprint density at radius 1 is 1.35 bits per heavy atom. The Hall–Kier alpha value is -1.92. The van der Waals surface area contributed by atoms with Gasteiger partial charge in [-0.3, -0.25) is 4.57 Å². The van der Waals surface area contributed by atoms with E-state index in [-0.39, 0.29) is 5.02 Å². The normalized spacial score (nSPS) is 10.9. The zero-order valence-corrected chi connectivity index (χ0v) is 11.9. The smallest absolute Gasteiger partial charge is 0.215 e. The molecule has 1 aromatic carbocycles. The Labute approximate surface area is 123 Å². The molecule has 0 bridgehead atoms. The molecule has 0 unspecified atom stereocenters. The summed E-state index contributed by atoms with van der Waals surface area (Å²) in [7, 11) is 1.53. The Morgan fingerprint density at radius 3 is 2.85 bits per heavy atom. The van der Waals surface area contributed by atoms with Gasteiger partial charge in [0.25, 0.3) is 0 Å². The second-order valence-corrected chi connectivity index (χ2v) is 4.88. The molecule has 0 fully saturated rings. The van der Waals surface area contributed by atoms with Gasteiger partial charge in [-0.05, 0) is 36.5 Å². The first-order valence-electron chi connectivity index (χ1n) is 5.71. The first-order chi connectivity index (χ1) is 9.60. The molecule has 3 rings (SSSR count). The molecule has 4 nitrogen and oxygen atoms in total. The van der Waals surface area contributed by atoms with E-state index in [1.807, 2.05) is 0 Å². The summed E-state index contributed by atoms with van der Waals surface area (Å²) in [5.41, 5.74) is 1.85. The van der Waals surface area contributed by atoms with E-state index >= 15 is 0 Å². The lowest BCUT2D eigenvalue weighted by molar-refractivity contribution is 0.399. The maximum Gasteiger partial charge on any atom is 0.215 e. The minimum atomic E-state index is -0.511. The van der Waals surface area contributed by atoms with Crippen LogP contribution in [0.15, 0.2) is 30.3 Å². The fraction of sp³-hybridized carbons (Fsp3) is 0.0769. The third-order valence-electron chi connectivity index (χ3n) is 2.88. The first kappa shape index (κ1) is 13.1. The Bertz CT molecular complexity index is 858. The quantitative estimate of drug-likeness (QED) is 0.730. The molecule has 0 atom stereocenters. The van der Waals surface area contributed by atoms with Gasteiger partial charge < -0.3 is 9.72 Å². The van der Waals surface area contributed by atoms with Crippen LogP contribution in [-0.4, -0.2) is 21.6 Å². The molecule has 0 saturated heterocycles. The molecule has 0 radical (unpaired) electrons. The van der Waals surface area contributed by atoms with Gasteiger partial charge in [-0.1, -0.05) is 11.6 Å². The van der Waals surface area contributed by atoms with Gasteiger partial charge >= 0.3 is 0 Å². The molecule has 1 N–H and O–H groups in total. The van der Waals surface area contributed by atoms with Crippen molar-refractivity contribution >= 4 is 35.0 Å². The van der Waals surface area contributed by atoms with Crippen molar-refractivity contribution in [2.75, 3.05) is 7.11 Å². The maximum atomic E-state index is 13.6. The number of fused-ring (bicyclic) bond motifs is 1. The highest BCUT2D eigenvalue weighted by atomic mass is 35.5. The van der Waals surface area contributed by atoms with Crippen LogP contribution in [0.25, 0.3) is 16.9 Å². The molecule has 3 aromatic rings. The molecule has 0 aliphatic rings. The summed E-state index contributed by atoms with van der Waals surface area (Å²) < 4.78 is 20.8. The second-order valence-electron chi connectivity index (χ2n) is 4.09. The number of halogens is 2. The summed E-state index contributed by atoms with van der Waals surface area (Å²) in [6, 6.07) is 8.00. The molecule has 7 heteroatoms. The van der Waals surface area contributed by atoms with Crippen molar-refractivity contribution in [3.05, 3.63) is 45.9 Å². The van der Waals surface area contributed by atoms with E-state index in [2.05, 4.69) is 9.97 Å². The molecule has 0 spiro atoms. The standard InChI is InChI=1S/C13H9ClFN3OS/c1-19-11-5-4-10-12(17-11)18(13(20)16-10)7-2-3-8(14)9(15)6-7/h2-6H,1H3,(H,16,20). The van der Waals surface area contributed by atoms with Gasteiger partial charge in [-0.15, -0.1) is 0 Å². The van der Waals surface area contributed by atoms with Crippen molar-refractivity contribution < 1.29 is 9.13 Å². The van der Waals surface area contributed by atoms with Crippen LogP contribution in [-0.2, 0) is 0 Å². The van der Waals surface area contributed by atoms with Gasteiger partial charge in [-0.25, -0.2) is 4.39 Å². The number of nitrogens with zero attached hydrogens (tertiary/aromatic N) is 2. The topological polar surface area (TPSA) is 42.8 Å². The number of aromatic nitrogens is 3. The molecule has 20 heavy (non-hydrogen) atoms. The lowest BCUT2D eigenvalue weighted by Gasteiger charge is -2.05. The van der Waals surface area contributed by atoms with Gasteiger partial charge in [0.1, 0.15) is 5.82 Å². The van der Waals surface area contributed by atoms with Crippen molar-refractivity contribution in [3.63, 3.8) is 0 Å². The van der Waals surface area contributed by atoms with E-state index in [1.54, 1.807) is 22.8 Å². The van der Waals surface area contributed by atoms with Crippen molar-refractivity contribution in [1.82, 2.24) is 14.5 Å². The van der Waals surface area contributed by atoms with E-state index in [0.717, 1.165) is 5.52 Å². The number of H-pyrrole nitrogens is 1. The zero-order chi connectivity index (χ0) is 14.3. The maximum absolute atomic E-state index is 13.6. The number of hydrogen-bond donors (Lipinski definition) is 1. The first-order valence-corrected chi connectivity index (χ1v) is 6.50. The van der Waals surface area contributed by atoms with Crippen molar-refractivity contribution in [1.29, 1.82) is 0 Å². The number of imidazole rings is 1. The van der Waals surface area contributed by atoms with Crippen LogP contribution >= 0.6 is 23.8 Å². The average Bonchev–Trinajstić information content (AvgIpc) is 2.77. The highest BCUT2D eigenvalue weighted by Gasteiger charge is 2.11. The highest BCUT2D eigenvalue weighted by Crippen LogP contribution is 2.23. The number of nitrogens with one attached hydrogen (secondary N) is 1. The van der Waals surface area contributed by atoms with Crippen molar-refractivity contribution in [2.45, 2.75) is 0 Å². The predicted molar refractivity (Wildman–Crippen MR) is 77.8 cm³/mol. The fourth-order valence-corrected chi connectivity index (χ4v) is 2.36. The summed E-state index contributed by atoms with van der Waals surface area (Å²) in [5.74, 6) is -0.0574. The molecule has 2 aromatic heterocycles. The summed E-state index contributed by atoms with van der Waals surface area (Å²) in [6.45, 7) is 0. The zero-order valence-electron chi connectivity index (χ0n) is 10.4. The van der Waals surface area contributed by atoms with Crippen LogP contribution < -0.4 is 4.74 Å². The third-order valence-corrected chi connectivity index (χ3v) is 3.47. The number of hydrogen-bond acceptors (Lipinski definition) is 3. The summed E-state index contributed by atoms with van der Waals surface area (Å²) in [6.07, 6.45) is 0. The van der Waals surface area contributed by atoms with Crippen LogP contribution in [0.4, 0.5) is 4.39 Å². The van der Waals surface area contributed by atoms with E-state index < -0.39 is 5.82 Å². The van der Waals surface area contributed by atoms with Crippen LogP contribution in [0.5, 0.6) is 5.88 Å². The number of methoxy groups -OCH3 is 1. The lowest BCUT2D eigenvalue weighted by atomic mass is 10.3. The Balaban J connectivity index is 2.31. The second kappa shape index (κ2) is 4.88. The molecular weight excluding hydrogens is 301 g/mol. The van der Waals surface area contributed by atoms with E-state index in [0.29, 0.717) is 22.0 Å². The number of aromatic amines is 1. The number of pyridine rings is 1. The molecule has 2 heterocycles. The van der Waals surface area contributed by atoms with Gasteiger partial charge in [0, 0.05) is 6.07 Å². The molecule has 0 aliphatic heterocycles. The van der Waals surface area contributed by atoms with Crippen LogP contribution in [0.1, 0.15) is 0 Å². The van der Waals surface area contributed by atoms with Gasteiger partial charge in [0.05, 0.1) is 23.3 Å². The third kappa shape index (κ3) is 2.07. The summed E-state index contributed by atoms with van der Waals surface area (Å²) in [4.78, 5) is 7.35. The van der Waals surface area contributed by atoms with Gasteiger partial charge in [-0.2, -0.15) is 4.98 Å². The molecule has 0 saturated carbocycles. The van der Waals surface area contributed by atoms with E-state index in [4.69, 9.17) is 28.6 Å². The Morgan fingerprint density at radius 2 is 2.15 bits per heavy atom. The molecule has 102 valence electrons. The van der Waals surface area contributed by atoms with E-state index in [9.17, 15) is 4.39 Å².